The number of hydrogen-bond acceptors (Lipinski definition) is 5. The van der Waals surface area contributed by atoms with Crippen molar-refractivity contribution in [3.05, 3.63) is 24.3 Å². The van der Waals surface area contributed by atoms with Gasteiger partial charge in [0.05, 0.1) is 12.9 Å². The summed E-state index contributed by atoms with van der Waals surface area (Å²) in [7, 11) is 1.57. The lowest BCUT2D eigenvalue weighted by atomic mass is 10.1. The zero-order valence-corrected chi connectivity index (χ0v) is 13.1. The first-order chi connectivity index (χ1) is 9.76. The maximum Gasteiger partial charge on any atom is 0.321 e. The lowest BCUT2D eigenvalue weighted by Crippen LogP contribution is -2.47. The van der Waals surface area contributed by atoms with Crippen molar-refractivity contribution < 1.29 is 19.4 Å². The van der Waals surface area contributed by atoms with E-state index in [-0.39, 0.29) is 11.7 Å². The van der Waals surface area contributed by atoms with Crippen LogP contribution in [-0.4, -0.2) is 40.6 Å². The number of carbonyl (C=O) groups excluding carboxylic acids is 1. The summed E-state index contributed by atoms with van der Waals surface area (Å²) in [6.45, 7) is 3.41. The van der Waals surface area contributed by atoms with Gasteiger partial charge in [0.15, 0.2) is 0 Å². The van der Waals surface area contributed by atoms with Crippen molar-refractivity contribution in [3.63, 3.8) is 0 Å². The molecule has 1 rings (SSSR count). The van der Waals surface area contributed by atoms with Crippen molar-refractivity contribution in [1.29, 1.82) is 0 Å². The van der Waals surface area contributed by atoms with Crippen LogP contribution in [0.5, 0.6) is 5.75 Å². The number of aliphatic carboxylic acids is 1. The minimum atomic E-state index is -1.08. The zero-order chi connectivity index (χ0) is 16.0. The van der Waals surface area contributed by atoms with Crippen molar-refractivity contribution in [1.82, 2.24) is 0 Å². The molecule has 0 aromatic heterocycles. The fourth-order valence-electron chi connectivity index (χ4n) is 1.51. The maximum absolute atomic E-state index is 11.9. The molecule has 1 atom stereocenters. The minimum Gasteiger partial charge on any atom is -0.497 e. The number of benzene rings is 1. The van der Waals surface area contributed by atoms with E-state index >= 15 is 0 Å². The summed E-state index contributed by atoms with van der Waals surface area (Å²) in [6.07, 6.45) is 0. The summed E-state index contributed by atoms with van der Waals surface area (Å²) < 4.78 is 4.30. The average molecular weight is 312 g/mol. The fourth-order valence-corrected chi connectivity index (χ4v) is 2.37. The molecule has 1 aromatic carbocycles. The molecule has 4 N–H and O–H groups in total. The summed E-state index contributed by atoms with van der Waals surface area (Å²) in [4.78, 5) is 22.7. The van der Waals surface area contributed by atoms with E-state index in [1.165, 1.54) is 11.8 Å². The summed E-state index contributed by atoms with van der Waals surface area (Å²) in [6, 6.07) is 5.92. The highest BCUT2D eigenvalue weighted by Crippen LogP contribution is 2.27. The second-order valence-corrected chi connectivity index (χ2v) is 6.61. The van der Waals surface area contributed by atoms with Crippen LogP contribution >= 0.6 is 11.8 Å². The van der Waals surface area contributed by atoms with Crippen LogP contribution in [0.25, 0.3) is 0 Å². The molecule has 0 fully saturated rings. The van der Waals surface area contributed by atoms with Crippen LogP contribution in [0.2, 0.25) is 0 Å². The van der Waals surface area contributed by atoms with Gasteiger partial charge in [-0.25, -0.2) is 0 Å². The molecule has 0 bridgehead atoms. The van der Waals surface area contributed by atoms with Crippen LogP contribution in [0.1, 0.15) is 13.8 Å². The predicted octanol–water partition coefficient (Wildman–Crippen LogP) is 1.56. The molecule has 0 saturated heterocycles. The number of thioether (sulfide) groups is 1. The Morgan fingerprint density at radius 3 is 2.43 bits per heavy atom. The Morgan fingerprint density at radius 2 is 1.95 bits per heavy atom. The molecule has 0 saturated carbocycles. The van der Waals surface area contributed by atoms with E-state index in [1.54, 1.807) is 45.2 Å². The number of rotatable bonds is 7. The van der Waals surface area contributed by atoms with Gasteiger partial charge in [0.25, 0.3) is 0 Å². The molecule has 0 aliphatic carbocycles. The molecule has 1 aromatic rings. The van der Waals surface area contributed by atoms with Gasteiger partial charge in [0, 0.05) is 10.4 Å². The number of amides is 1. The lowest BCUT2D eigenvalue weighted by molar-refractivity contribution is -0.139. The van der Waals surface area contributed by atoms with E-state index in [4.69, 9.17) is 15.6 Å². The summed E-state index contributed by atoms with van der Waals surface area (Å²) in [5, 5.41) is 11.6. The molecule has 0 radical (unpaired) electrons. The standard InChI is InChI=1S/C14H20N2O4S/c1-14(2,12(15)13(18)19)21-8-11(17)16-9-4-6-10(20-3)7-5-9/h4-7,12H,8,15H2,1-3H3,(H,16,17)(H,18,19)/t12-/m1/s1. The van der Waals surface area contributed by atoms with Gasteiger partial charge >= 0.3 is 5.97 Å². The summed E-state index contributed by atoms with van der Waals surface area (Å²) >= 11 is 1.21. The van der Waals surface area contributed by atoms with Crippen LogP contribution in [0.4, 0.5) is 5.69 Å². The largest absolute Gasteiger partial charge is 0.497 e. The van der Waals surface area contributed by atoms with Crippen molar-refractivity contribution in [3.8, 4) is 5.75 Å². The summed E-state index contributed by atoms with van der Waals surface area (Å²) in [5.74, 6) is -0.463. The molecule has 0 unspecified atom stereocenters. The van der Waals surface area contributed by atoms with E-state index in [0.29, 0.717) is 11.4 Å². The van der Waals surface area contributed by atoms with Gasteiger partial charge in [-0.3, -0.25) is 9.59 Å². The Hall–Kier alpha value is -1.73. The molecule has 0 aliphatic rings. The number of hydrogen-bond donors (Lipinski definition) is 3. The molecule has 6 nitrogen and oxygen atoms in total. The van der Waals surface area contributed by atoms with Gasteiger partial charge in [-0.05, 0) is 38.1 Å². The van der Waals surface area contributed by atoms with Crippen LogP contribution in [0.15, 0.2) is 24.3 Å². The van der Waals surface area contributed by atoms with Crippen LogP contribution in [-0.2, 0) is 9.59 Å². The third-order valence-corrected chi connectivity index (χ3v) is 4.37. The van der Waals surface area contributed by atoms with Crippen molar-refractivity contribution in [2.24, 2.45) is 5.73 Å². The van der Waals surface area contributed by atoms with Crippen molar-refractivity contribution in [2.75, 3.05) is 18.2 Å². The Kier molecular flexibility index (Phi) is 6.04. The Morgan fingerprint density at radius 1 is 1.38 bits per heavy atom. The number of methoxy groups -OCH3 is 1. The topological polar surface area (TPSA) is 102 Å². The van der Waals surface area contributed by atoms with Crippen molar-refractivity contribution in [2.45, 2.75) is 24.6 Å². The number of carboxylic acid groups (broad SMARTS) is 1. The molecule has 0 aliphatic heterocycles. The minimum absolute atomic E-state index is 0.125. The molecule has 1 amide bonds. The Labute approximate surface area is 128 Å². The Balaban J connectivity index is 2.51. The van der Waals surface area contributed by atoms with Crippen LogP contribution < -0.4 is 15.8 Å². The highest BCUT2D eigenvalue weighted by molar-refractivity contribution is 8.01. The first kappa shape index (κ1) is 17.3. The highest BCUT2D eigenvalue weighted by Gasteiger charge is 2.33. The highest BCUT2D eigenvalue weighted by atomic mass is 32.2. The third kappa shape index (κ3) is 5.28. The number of carboxylic acids is 1. The first-order valence-corrected chi connectivity index (χ1v) is 7.31. The monoisotopic (exact) mass is 312 g/mol. The van der Waals surface area contributed by atoms with E-state index in [9.17, 15) is 9.59 Å². The number of carbonyl (C=O) groups is 2. The SMILES string of the molecule is COc1ccc(NC(=O)CSC(C)(C)[C@H](N)C(=O)O)cc1. The number of nitrogens with two attached hydrogens (primary N) is 1. The van der Waals surface area contributed by atoms with Gasteiger partial charge in [-0.15, -0.1) is 11.8 Å². The first-order valence-electron chi connectivity index (χ1n) is 6.32. The van der Waals surface area contributed by atoms with Gasteiger partial charge in [-0.2, -0.15) is 0 Å². The molecular weight excluding hydrogens is 292 g/mol. The Bertz CT molecular complexity index is 502. The van der Waals surface area contributed by atoms with E-state index in [1.807, 2.05) is 0 Å². The van der Waals surface area contributed by atoms with Crippen LogP contribution in [0.3, 0.4) is 0 Å². The molecule has 21 heavy (non-hydrogen) atoms. The number of nitrogens with one attached hydrogen (secondary N) is 1. The zero-order valence-electron chi connectivity index (χ0n) is 12.3. The maximum atomic E-state index is 11.9. The molecule has 7 heteroatoms. The number of ether oxygens (including phenoxy) is 1. The lowest BCUT2D eigenvalue weighted by Gasteiger charge is -2.27. The third-order valence-electron chi connectivity index (χ3n) is 2.96. The van der Waals surface area contributed by atoms with Gasteiger partial charge in [-0.1, -0.05) is 0 Å². The second kappa shape index (κ2) is 7.33. The molecule has 116 valence electrons. The molecule has 0 heterocycles. The van der Waals surface area contributed by atoms with E-state index in [0.717, 1.165) is 0 Å². The molecule has 0 spiro atoms. The average Bonchev–Trinajstić information content (AvgIpc) is 2.45. The summed E-state index contributed by atoms with van der Waals surface area (Å²) in [5.41, 5.74) is 6.25. The molecular formula is C14H20N2O4S. The fraction of sp³-hybridized carbons (Fsp3) is 0.429. The number of anilines is 1. The van der Waals surface area contributed by atoms with Gasteiger partial charge in [0.2, 0.25) is 5.91 Å². The smallest absolute Gasteiger partial charge is 0.321 e. The van der Waals surface area contributed by atoms with E-state index in [2.05, 4.69) is 5.32 Å². The van der Waals surface area contributed by atoms with Crippen molar-refractivity contribution >= 4 is 29.3 Å². The second-order valence-electron chi connectivity index (χ2n) is 4.98. The normalized spacial score (nSPS) is 12.6. The van der Waals surface area contributed by atoms with E-state index < -0.39 is 16.8 Å². The van der Waals surface area contributed by atoms with Gasteiger partial charge in [0.1, 0.15) is 11.8 Å². The van der Waals surface area contributed by atoms with Crippen LogP contribution in [0, 0.1) is 0 Å². The quantitative estimate of drug-likeness (QED) is 0.706. The van der Waals surface area contributed by atoms with Gasteiger partial charge < -0.3 is 20.9 Å². The predicted molar refractivity (Wildman–Crippen MR) is 83.8 cm³/mol.